The highest BCUT2D eigenvalue weighted by molar-refractivity contribution is 6.01. The quantitative estimate of drug-likeness (QED) is 0.195. The number of nitrogens with two attached hydrogens (primary N) is 1. The Morgan fingerprint density at radius 1 is 0.810 bits per heavy atom. The van der Waals surface area contributed by atoms with Crippen molar-refractivity contribution in [2.75, 3.05) is 25.3 Å². The molecule has 9 nitrogen and oxygen atoms in total. The first-order valence-electron chi connectivity index (χ1n) is 12.2. The molecule has 0 aliphatic rings. The van der Waals surface area contributed by atoms with Gasteiger partial charge in [-0.1, -0.05) is 0 Å². The van der Waals surface area contributed by atoms with Crippen molar-refractivity contribution >= 4 is 29.2 Å². The largest absolute Gasteiger partial charge is 0.465 e. The number of esters is 2. The van der Waals surface area contributed by atoms with Crippen molar-refractivity contribution in [2.24, 2.45) is 0 Å². The maximum atomic E-state index is 13.1. The highest BCUT2D eigenvalue weighted by atomic mass is 19.4. The van der Waals surface area contributed by atoms with Crippen molar-refractivity contribution in [1.29, 1.82) is 0 Å². The first-order valence-corrected chi connectivity index (χ1v) is 12.2. The molecule has 2 rings (SSSR count). The van der Waals surface area contributed by atoms with Gasteiger partial charge in [0.2, 0.25) is 5.91 Å². The van der Waals surface area contributed by atoms with Crippen LogP contribution in [0.1, 0.15) is 89.8 Å². The number of hydrogen-bond donors (Lipinski definition) is 3. The minimum atomic E-state index is -4.74. The van der Waals surface area contributed by atoms with Crippen molar-refractivity contribution in [1.82, 2.24) is 0 Å². The highest BCUT2D eigenvalue weighted by Crippen LogP contribution is 2.39. The molecule has 1 amide bonds. The topological polar surface area (TPSA) is 137 Å². The molecule has 42 heavy (non-hydrogen) atoms. The van der Waals surface area contributed by atoms with Gasteiger partial charge in [-0.25, -0.2) is 9.59 Å². The number of carbonyl (C=O) groups excluding carboxylic acids is 3. The molecule has 0 bridgehead atoms. The number of carbonyl (C=O) groups is 3. The Morgan fingerprint density at radius 3 is 1.67 bits per heavy atom. The Balaban J connectivity index is 0.000000420. The molecule has 0 aliphatic carbocycles. The summed E-state index contributed by atoms with van der Waals surface area (Å²) in [5.41, 5.74) is 1.87. The normalized spacial score (nSPS) is 13.0. The van der Waals surface area contributed by atoms with Gasteiger partial charge in [0.1, 0.15) is 0 Å². The summed E-state index contributed by atoms with van der Waals surface area (Å²) in [6.07, 6.45) is -11.9. The lowest BCUT2D eigenvalue weighted by molar-refractivity contribution is -0.140. The number of halogens is 6. The third-order valence-electron chi connectivity index (χ3n) is 5.51. The SMILES string of the molecule is COC(=O)c1cc(C(C)O)c(C(F)(F)F)cc1NC(C)=O.COC(=O)c1cc(C(C)OC(C)C)c(C(F)(F)F)cc1N. The Labute approximate surface area is 237 Å². The van der Waals surface area contributed by atoms with Gasteiger partial charge in [-0.3, -0.25) is 4.79 Å². The summed E-state index contributed by atoms with van der Waals surface area (Å²) in [5, 5.41) is 11.6. The van der Waals surface area contributed by atoms with E-state index in [2.05, 4.69) is 14.8 Å². The maximum absolute atomic E-state index is 13.1. The lowest BCUT2D eigenvalue weighted by atomic mass is 9.97. The Kier molecular flexibility index (Phi) is 12.4. The zero-order chi connectivity index (χ0) is 32.7. The molecule has 0 fully saturated rings. The van der Waals surface area contributed by atoms with Crippen LogP contribution in [-0.2, 0) is 31.4 Å². The summed E-state index contributed by atoms with van der Waals surface area (Å²) < 4.78 is 92.7. The molecule has 15 heteroatoms. The Hall–Kier alpha value is -3.85. The van der Waals surface area contributed by atoms with Gasteiger partial charge in [0, 0.05) is 12.6 Å². The van der Waals surface area contributed by atoms with E-state index in [0.717, 1.165) is 46.3 Å². The number of nitrogen functional groups attached to an aromatic ring is 1. The molecule has 2 atom stereocenters. The van der Waals surface area contributed by atoms with E-state index in [1.807, 2.05) is 0 Å². The number of aliphatic hydroxyl groups is 1. The monoisotopic (exact) mass is 610 g/mol. The zero-order valence-corrected chi connectivity index (χ0v) is 23.8. The molecule has 4 N–H and O–H groups in total. The molecular weight excluding hydrogens is 578 g/mol. The molecule has 0 heterocycles. The fourth-order valence-corrected chi connectivity index (χ4v) is 3.76. The summed E-state index contributed by atoms with van der Waals surface area (Å²) in [6, 6.07) is 3.29. The van der Waals surface area contributed by atoms with Crippen LogP contribution in [0.2, 0.25) is 0 Å². The number of rotatable bonds is 7. The van der Waals surface area contributed by atoms with E-state index in [1.165, 1.54) is 6.92 Å². The Morgan fingerprint density at radius 2 is 1.26 bits per heavy atom. The lowest BCUT2D eigenvalue weighted by Gasteiger charge is -2.22. The van der Waals surface area contributed by atoms with E-state index in [0.29, 0.717) is 6.07 Å². The number of aliphatic hydroxyl groups excluding tert-OH is 1. The third kappa shape index (κ3) is 9.62. The van der Waals surface area contributed by atoms with Crippen LogP contribution in [0.3, 0.4) is 0 Å². The van der Waals surface area contributed by atoms with Crippen molar-refractivity contribution < 1.29 is 60.0 Å². The number of nitrogens with one attached hydrogen (secondary N) is 1. The standard InChI is InChI=1S/C14H18F3NO3.C13H14F3NO4/c1-7(2)21-8(3)9-5-10(13(19)20-4)12(18)6-11(9)14(15,16)17;1-6(18)8-4-9(12(20)21-3)11(17-7(2)19)5-10(8)13(14,15)16/h5-8H,18H2,1-4H3;4-6,18H,1-3H3,(H,17,19). The molecule has 0 aromatic heterocycles. The van der Waals surface area contributed by atoms with Crippen molar-refractivity contribution in [2.45, 2.75) is 65.3 Å². The van der Waals surface area contributed by atoms with Gasteiger partial charge in [-0.15, -0.1) is 0 Å². The summed E-state index contributed by atoms with van der Waals surface area (Å²) in [6.45, 7) is 7.15. The number of benzene rings is 2. The van der Waals surface area contributed by atoms with Crippen LogP contribution in [-0.4, -0.2) is 43.3 Å². The average Bonchev–Trinajstić information content (AvgIpc) is 2.85. The zero-order valence-electron chi connectivity index (χ0n) is 23.8. The number of anilines is 2. The molecule has 0 spiro atoms. The van der Waals surface area contributed by atoms with Gasteiger partial charge in [-0.05, 0) is 63.1 Å². The smallest absolute Gasteiger partial charge is 0.416 e. The van der Waals surface area contributed by atoms with Crippen molar-refractivity contribution in [3.05, 3.63) is 57.6 Å². The van der Waals surface area contributed by atoms with Gasteiger partial charge in [0.05, 0.1) is 60.5 Å². The Bertz CT molecular complexity index is 1290. The van der Waals surface area contributed by atoms with Crippen LogP contribution < -0.4 is 11.1 Å². The minimum absolute atomic E-state index is 0.111. The number of alkyl halides is 6. The van der Waals surface area contributed by atoms with Crippen LogP contribution in [0.25, 0.3) is 0 Å². The number of methoxy groups -OCH3 is 2. The molecule has 2 aromatic carbocycles. The van der Waals surface area contributed by atoms with Gasteiger partial charge in [-0.2, -0.15) is 26.3 Å². The second kappa shape index (κ2) is 14.4. The van der Waals surface area contributed by atoms with E-state index in [4.69, 9.17) is 10.5 Å². The average molecular weight is 611 g/mol. The predicted octanol–water partition coefficient (Wildman–Crippen LogP) is 6.06. The van der Waals surface area contributed by atoms with Crippen molar-refractivity contribution in [3.63, 3.8) is 0 Å². The van der Waals surface area contributed by atoms with Crippen LogP contribution in [0.4, 0.5) is 37.7 Å². The van der Waals surface area contributed by atoms with Gasteiger partial charge < -0.3 is 30.4 Å². The number of amides is 1. The molecule has 2 aromatic rings. The second-order valence-corrected chi connectivity index (χ2v) is 9.17. The van der Waals surface area contributed by atoms with E-state index in [9.17, 15) is 45.8 Å². The third-order valence-corrected chi connectivity index (χ3v) is 5.51. The van der Waals surface area contributed by atoms with Gasteiger partial charge in [0.25, 0.3) is 0 Å². The number of ether oxygens (including phenoxy) is 3. The van der Waals surface area contributed by atoms with E-state index in [1.54, 1.807) is 13.8 Å². The molecule has 0 radical (unpaired) electrons. The number of hydrogen-bond acceptors (Lipinski definition) is 8. The van der Waals surface area contributed by atoms with Gasteiger partial charge >= 0.3 is 24.3 Å². The molecule has 0 saturated heterocycles. The van der Waals surface area contributed by atoms with Crippen LogP contribution in [0, 0.1) is 0 Å². The molecule has 2 unspecified atom stereocenters. The molecule has 0 saturated carbocycles. The maximum Gasteiger partial charge on any atom is 0.416 e. The van der Waals surface area contributed by atoms with Crippen LogP contribution >= 0.6 is 0 Å². The molecule has 0 aliphatic heterocycles. The van der Waals surface area contributed by atoms with E-state index < -0.39 is 59.1 Å². The fourth-order valence-electron chi connectivity index (χ4n) is 3.76. The fraction of sp³-hybridized carbons (Fsp3) is 0.444. The summed E-state index contributed by atoms with van der Waals surface area (Å²) >= 11 is 0. The molecular formula is C27H32F6N2O7. The van der Waals surface area contributed by atoms with E-state index >= 15 is 0 Å². The predicted molar refractivity (Wildman–Crippen MR) is 140 cm³/mol. The highest BCUT2D eigenvalue weighted by Gasteiger charge is 2.37. The summed E-state index contributed by atoms with van der Waals surface area (Å²) in [5.74, 6) is -2.35. The lowest BCUT2D eigenvalue weighted by Crippen LogP contribution is -2.17. The second-order valence-electron chi connectivity index (χ2n) is 9.17. The van der Waals surface area contributed by atoms with Crippen LogP contribution in [0.5, 0.6) is 0 Å². The minimum Gasteiger partial charge on any atom is -0.465 e. The van der Waals surface area contributed by atoms with E-state index in [-0.39, 0.29) is 34.2 Å². The first-order chi connectivity index (χ1) is 19.1. The molecule has 234 valence electrons. The van der Waals surface area contributed by atoms with Gasteiger partial charge in [0.15, 0.2) is 0 Å². The summed E-state index contributed by atoms with van der Waals surface area (Å²) in [4.78, 5) is 34.2. The van der Waals surface area contributed by atoms with Crippen molar-refractivity contribution in [3.8, 4) is 0 Å². The summed E-state index contributed by atoms with van der Waals surface area (Å²) in [7, 11) is 2.19. The van der Waals surface area contributed by atoms with Crippen LogP contribution in [0.15, 0.2) is 24.3 Å². The first kappa shape index (κ1) is 36.2.